The number of nitrogens with two attached hydrogens (primary N) is 1. The highest BCUT2D eigenvalue weighted by molar-refractivity contribution is 8.15. The number of ether oxygens (including phenoxy) is 1. The molecule has 1 atom stereocenters. The number of fused-ring (bicyclic) bond motifs is 2. The van der Waals surface area contributed by atoms with Crippen molar-refractivity contribution < 1.29 is 14.3 Å². The number of amidine groups is 1. The number of thioether (sulfide) groups is 1. The average Bonchev–Trinajstić information content (AvgIpc) is 2.99. The van der Waals surface area contributed by atoms with Crippen LogP contribution in [-0.4, -0.2) is 34.7 Å². The van der Waals surface area contributed by atoms with Gasteiger partial charge in [0.05, 0.1) is 24.1 Å². The summed E-state index contributed by atoms with van der Waals surface area (Å²) in [5, 5.41) is 2.50. The second kappa shape index (κ2) is 6.17. The molecule has 2 N–H and O–H groups in total. The predicted molar refractivity (Wildman–Crippen MR) is 102 cm³/mol. The van der Waals surface area contributed by atoms with Gasteiger partial charge in [0.2, 0.25) is 11.8 Å². The van der Waals surface area contributed by atoms with Gasteiger partial charge in [-0.1, -0.05) is 42.1 Å². The highest BCUT2D eigenvalue weighted by atomic mass is 32.2. The number of hydrogen-bond acceptors (Lipinski definition) is 5. The average molecular weight is 367 g/mol. The highest BCUT2D eigenvalue weighted by Crippen LogP contribution is 2.45. The molecule has 7 heteroatoms. The second-order valence-electron chi connectivity index (χ2n) is 6.12. The summed E-state index contributed by atoms with van der Waals surface area (Å²) in [5.41, 5.74) is 7.30. The molecule has 1 unspecified atom stereocenters. The molecule has 0 aromatic heterocycles. The summed E-state index contributed by atoms with van der Waals surface area (Å²) in [5.74, 6) is 0.211. The maximum Gasteiger partial charge on any atom is 0.248 e. The first-order chi connectivity index (χ1) is 12.5. The highest BCUT2D eigenvalue weighted by Gasteiger charge is 2.43. The van der Waals surface area contributed by atoms with Crippen molar-refractivity contribution in [1.29, 1.82) is 0 Å². The molecular weight excluding hydrogens is 350 g/mol. The van der Waals surface area contributed by atoms with Crippen molar-refractivity contribution >= 4 is 39.5 Å². The maximum atomic E-state index is 12.6. The van der Waals surface area contributed by atoms with Crippen LogP contribution in [0.5, 0.6) is 5.75 Å². The molecule has 2 heterocycles. The van der Waals surface area contributed by atoms with Gasteiger partial charge in [0.25, 0.3) is 0 Å². The van der Waals surface area contributed by atoms with Gasteiger partial charge < -0.3 is 10.5 Å². The Balaban J connectivity index is 2.07. The minimum atomic E-state index is -0.649. The Bertz CT molecular complexity index is 1010. The summed E-state index contributed by atoms with van der Waals surface area (Å²) >= 11 is 1.37. The van der Waals surface area contributed by atoms with Crippen LogP contribution in [0.4, 0.5) is 0 Å². The van der Waals surface area contributed by atoms with Crippen LogP contribution in [0.3, 0.4) is 0 Å². The first-order valence-electron chi connectivity index (χ1n) is 8.12. The summed E-state index contributed by atoms with van der Waals surface area (Å²) < 4.78 is 5.59. The van der Waals surface area contributed by atoms with Crippen LogP contribution in [0.2, 0.25) is 0 Å². The summed E-state index contributed by atoms with van der Waals surface area (Å²) in [4.78, 5) is 30.9. The third kappa shape index (κ3) is 2.39. The van der Waals surface area contributed by atoms with Crippen LogP contribution in [-0.2, 0) is 9.59 Å². The number of nitrogens with zero attached hydrogens (tertiary/aromatic N) is 2. The van der Waals surface area contributed by atoms with Crippen molar-refractivity contribution in [3.05, 3.63) is 53.2 Å². The van der Waals surface area contributed by atoms with E-state index in [1.807, 2.05) is 36.4 Å². The molecule has 0 radical (unpaired) electrons. The number of carbonyl (C=O) groups is 2. The quantitative estimate of drug-likeness (QED) is 0.904. The molecule has 26 heavy (non-hydrogen) atoms. The third-order valence-corrected chi connectivity index (χ3v) is 5.61. The van der Waals surface area contributed by atoms with E-state index in [9.17, 15) is 9.59 Å². The number of carbonyl (C=O) groups excluding carboxylic acids is 2. The smallest absolute Gasteiger partial charge is 0.248 e. The van der Waals surface area contributed by atoms with Crippen LogP contribution in [0, 0.1) is 0 Å². The lowest BCUT2D eigenvalue weighted by molar-refractivity contribution is -0.125. The second-order valence-corrected chi connectivity index (χ2v) is 7.06. The van der Waals surface area contributed by atoms with Crippen molar-refractivity contribution in [2.75, 3.05) is 12.9 Å². The van der Waals surface area contributed by atoms with E-state index in [2.05, 4.69) is 4.99 Å². The first-order valence-corrected chi connectivity index (χ1v) is 9.11. The summed E-state index contributed by atoms with van der Waals surface area (Å²) in [7, 11) is 1.58. The Labute approximate surface area is 154 Å². The van der Waals surface area contributed by atoms with Gasteiger partial charge in [-0.2, -0.15) is 0 Å². The van der Waals surface area contributed by atoms with Crippen molar-refractivity contribution in [3.8, 4) is 5.75 Å². The lowest BCUT2D eigenvalue weighted by Crippen LogP contribution is -2.40. The number of hydrogen-bond donors (Lipinski definition) is 1. The summed E-state index contributed by atoms with van der Waals surface area (Å²) in [6.45, 7) is 1.75. The van der Waals surface area contributed by atoms with Crippen LogP contribution < -0.4 is 10.5 Å². The van der Waals surface area contributed by atoms with Crippen molar-refractivity contribution in [3.63, 3.8) is 0 Å². The molecule has 0 spiro atoms. The molecule has 1 saturated heterocycles. The zero-order valence-electron chi connectivity index (χ0n) is 14.4. The first kappa shape index (κ1) is 16.7. The Morgan fingerprint density at radius 2 is 2.08 bits per heavy atom. The van der Waals surface area contributed by atoms with E-state index in [1.54, 1.807) is 18.9 Å². The Hall–Kier alpha value is -2.80. The molecule has 2 amide bonds. The topological polar surface area (TPSA) is 85.0 Å². The zero-order valence-corrected chi connectivity index (χ0v) is 15.2. The molecule has 0 saturated carbocycles. The number of aliphatic imine (C=N–C) groups is 1. The Morgan fingerprint density at radius 3 is 2.81 bits per heavy atom. The molecule has 2 aromatic rings. The van der Waals surface area contributed by atoms with Crippen LogP contribution >= 0.6 is 11.8 Å². The number of primary amides is 1. The molecule has 132 valence electrons. The van der Waals surface area contributed by atoms with Gasteiger partial charge >= 0.3 is 0 Å². The normalized spacial score (nSPS) is 19.6. The fraction of sp³-hybridized carbons (Fsp3) is 0.211. The Morgan fingerprint density at radius 1 is 1.31 bits per heavy atom. The number of allylic oxidation sites excluding steroid dienone is 1. The molecule has 2 aromatic carbocycles. The zero-order chi connectivity index (χ0) is 18.4. The van der Waals surface area contributed by atoms with Crippen LogP contribution in [0.1, 0.15) is 18.5 Å². The fourth-order valence-electron chi connectivity index (χ4n) is 3.57. The van der Waals surface area contributed by atoms with Gasteiger partial charge in [0.15, 0.2) is 5.17 Å². The van der Waals surface area contributed by atoms with E-state index in [0.717, 1.165) is 16.3 Å². The fourth-order valence-corrected chi connectivity index (χ4v) is 4.50. The van der Waals surface area contributed by atoms with E-state index < -0.39 is 11.9 Å². The van der Waals surface area contributed by atoms with Gasteiger partial charge in [0, 0.05) is 5.56 Å². The SMILES string of the molecule is COc1ccc2ccccc2c1C1C(C(N)=O)=C(C)N=C2SCC(=O)N21. The number of amides is 2. The predicted octanol–water partition coefficient (Wildman–Crippen LogP) is 2.59. The van der Waals surface area contributed by atoms with Gasteiger partial charge in [-0.05, 0) is 23.8 Å². The van der Waals surface area contributed by atoms with Crippen molar-refractivity contribution in [2.24, 2.45) is 10.7 Å². The molecule has 1 fully saturated rings. The van der Waals surface area contributed by atoms with Crippen LogP contribution in [0.25, 0.3) is 10.8 Å². The van der Waals surface area contributed by atoms with E-state index in [-0.39, 0.29) is 5.91 Å². The minimum Gasteiger partial charge on any atom is -0.496 e. The van der Waals surface area contributed by atoms with E-state index in [0.29, 0.717) is 27.9 Å². The van der Waals surface area contributed by atoms with Crippen LogP contribution in [0.15, 0.2) is 52.7 Å². The largest absolute Gasteiger partial charge is 0.496 e. The summed E-state index contributed by atoms with van der Waals surface area (Å²) in [6.07, 6.45) is 0. The molecule has 4 rings (SSSR count). The lowest BCUT2D eigenvalue weighted by atomic mass is 9.89. The monoisotopic (exact) mass is 367 g/mol. The maximum absolute atomic E-state index is 12.6. The van der Waals surface area contributed by atoms with Gasteiger partial charge in [-0.3, -0.25) is 14.5 Å². The standard InChI is InChI=1S/C19H17N3O3S/c1-10-15(18(20)24)17(22-14(23)9-26-19(22)21-10)16-12-6-4-3-5-11(12)7-8-13(16)25-2/h3-8,17H,9H2,1-2H3,(H2,20,24). The van der Waals surface area contributed by atoms with E-state index >= 15 is 0 Å². The van der Waals surface area contributed by atoms with Crippen molar-refractivity contribution in [2.45, 2.75) is 13.0 Å². The molecule has 0 aliphatic carbocycles. The molecule has 6 nitrogen and oxygen atoms in total. The molecule has 2 aliphatic rings. The number of benzene rings is 2. The van der Waals surface area contributed by atoms with Crippen molar-refractivity contribution in [1.82, 2.24) is 4.90 Å². The number of rotatable bonds is 3. The lowest BCUT2D eigenvalue weighted by Gasteiger charge is -2.34. The molecule has 2 aliphatic heterocycles. The molecular formula is C19H17N3O3S. The summed E-state index contributed by atoms with van der Waals surface area (Å²) in [6, 6.07) is 11.0. The van der Waals surface area contributed by atoms with E-state index in [1.165, 1.54) is 11.8 Å². The minimum absolute atomic E-state index is 0.0972. The van der Waals surface area contributed by atoms with Gasteiger partial charge in [-0.15, -0.1) is 0 Å². The Kier molecular flexibility index (Phi) is 3.96. The third-order valence-electron chi connectivity index (χ3n) is 4.67. The molecule has 0 bridgehead atoms. The van der Waals surface area contributed by atoms with E-state index in [4.69, 9.17) is 10.5 Å². The van der Waals surface area contributed by atoms with Gasteiger partial charge in [-0.25, -0.2) is 4.99 Å². The number of methoxy groups -OCH3 is 1. The van der Waals surface area contributed by atoms with Gasteiger partial charge in [0.1, 0.15) is 11.8 Å².